The maximum Gasteiger partial charge on any atom is 0.238 e. The number of nitrogens with two attached hydrogens (primary N) is 1. The van der Waals surface area contributed by atoms with E-state index in [1.54, 1.807) is 12.1 Å². The van der Waals surface area contributed by atoms with Crippen molar-refractivity contribution in [2.45, 2.75) is 49.1 Å². The van der Waals surface area contributed by atoms with E-state index in [9.17, 15) is 8.42 Å². The molecule has 6 heteroatoms. The maximum absolute atomic E-state index is 11.3. The predicted octanol–water partition coefficient (Wildman–Crippen LogP) is 1.42. The quantitative estimate of drug-likeness (QED) is 0.852. The Morgan fingerprint density at radius 3 is 2.61 bits per heavy atom. The lowest BCUT2D eigenvalue weighted by atomic mass is 9.46. The Labute approximate surface area is 137 Å². The van der Waals surface area contributed by atoms with Gasteiger partial charge in [-0.05, 0) is 49.9 Å². The molecule has 5 nitrogen and oxygen atoms in total. The highest BCUT2D eigenvalue weighted by molar-refractivity contribution is 7.89. The average molecular weight is 336 g/mol. The fourth-order valence-corrected chi connectivity index (χ4v) is 5.29. The van der Waals surface area contributed by atoms with Gasteiger partial charge in [0.1, 0.15) is 0 Å². The van der Waals surface area contributed by atoms with Crippen molar-refractivity contribution >= 4 is 10.0 Å². The normalized spacial score (nSPS) is 31.4. The minimum absolute atomic E-state index is 0.174. The number of primary sulfonamides is 1. The first-order valence-corrected chi connectivity index (χ1v) is 10.0. The van der Waals surface area contributed by atoms with Crippen LogP contribution in [0, 0.1) is 11.3 Å². The van der Waals surface area contributed by atoms with Gasteiger partial charge in [0.05, 0.1) is 11.0 Å². The molecule has 2 saturated carbocycles. The van der Waals surface area contributed by atoms with Gasteiger partial charge in [-0.1, -0.05) is 18.6 Å². The number of hydrogen-bond acceptors (Lipinski definition) is 4. The van der Waals surface area contributed by atoms with Crippen LogP contribution >= 0.6 is 0 Å². The lowest BCUT2D eigenvalue weighted by molar-refractivity contribution is -0.175. The third-order valence-corrected chi connectivity index (χ3v) is 7.00. The van der Waals surface area contributed by atoms with Gasteiger partial charge in [-0.25, -0.2) is 13.6 Å². The van der Waals surface area contributed by atoms with Crippen LogP contribution in [-0.4, -0.2) is 33.7 Å². The molecule has 23 heavy (non-hydrogen) atoms. The van der Waals surface area contributed by atoms with Crippen molar-refractivity contribution in [2.24, 2.45) is 16.5 Å². The second-order valence-corrected chi connectivity index (χ2v) is 8.76. The first-order valence-electron chi connectivity index (χ1n) is 8.47. The Bertz CT molecular complexity index is 682. The van der Waals surface area contributed by atoms with Crippen molar-refractivity contribution < 1.29 is 13.2 Å². The predicted molar refractivity (Wildman–Crippen MR) is 87.4 cm³/mol. The molecule has 3 atom stereocenters. The van der Waals surface area contributed by atoms with Crippen LogP contribution in [0.2, 0.25) is 0 Å². The molecule has 3 N–H and O–H groups in total. The molecule has 3 aliphatic rings. The van der Waals surface area contributed by atoms with Crippen molar-refractivity contribution in [1.82, 2.24) is 5.32 Å². The first-order chi connectivity index (χ1) is 11.0. The Kier molecular flexibility index (Phi) is 3.76. The Balaban J connectivity index is 1.33. The maximum atomic E-state index is 11.3. The van der Waals surface area contributed by atoms with Crippen LogP contribution in [0.5, 0.6) is 0 Å². The van der Waals surface area contributed by atoms with Gasteiger partial charge < -0.3 is 10.1 Å². The molecule has 2 aliphatic carbocycles. The molecule has 1 aromatic carbocycles. The van der Waals surface area contributed by atoms with Crippen LogP contribution in [0.4, 0.5) is 0 Å². The van der Waals surface area contributed by atoms with E-state index in [-0.39, 0.29) is 4.90 Å². The molecule has 0 unspecified atom stereocenters. The summed E-state index contributed by atoms with van der Waals surface area (Å²) in [6.45, 7) is 1.84. The number of sulfonamides is 1. The minimum atomic E-state index is -3.60. The van der Waals surface area contributed by atoms with Gasteiger partial charge >= 0.3 is 0 Å². The van der Waals surface area contributed by atoms with Crippen LogP contribution < -0.4 is 10.5 Å². The van der Waals surface area contributed by atoms with Gasteiger partial charge in [-0.2, -0.15) is 0 Å². The number of benzene rings is 1. The molecule has 1 aromatic rings. The second-order valence-electron chi connectivity index (χ2n) is 7.20. The fraction of sp³-hybridized carbons (Fsp3) is 0.647. The van der Waals surface area contributed by atoms with Gasteiger partial charge in [0.2, 0.25) is 10.0 Å². The second kappa shape index (κ2) is 5.55. The highest BCUT2D eigenvalue weighted by Gasteiger charge is 2.66. The van der Waals surface area contributed by atoms with Gasteiger partial charge in [-0.15, -0.1) is 0 Å². The standard InChI is InChI=1S/C17H24N2O3S/c18-23(20,21)13-4-2-12(3-5-13)6-10-19-15-14-7-11-22-16(14)17(15)8-1-9-17/h2-5,14-16,19H,1,6-11H2,(H2,18,20,21)/t14-,15+,16+/m0/s1. The zero-order valence-electron chi connectivity index (χ0n) is 13.2. The third-order valence-electron chi connectivity index (χ3n) is 6.07. The first kappa shape index (κ1) is 15.6. The summed E-state index contributed by atoms with van der Waals surface area (Å²) in [6, 6.07) is 7.48. The van der Waals surface area contributed by atoms with Crippen molar-refractivity contribution in [1.29, 1.82) is 0 Å². The largest absolute Gasteiger partial charge is 0.377 e. The van der Waals surface area contributed by atoms with E-state index in [0.717, 1.165) is 25.1 Å². The monoisotopic (exact) mass is 336 g/mol. The summed E-state index contributed by atoms with van der Waals surface area (Å²) in [7, 11) is -3.60. The average Bonchev–Trinajstić information content (AvgIpc) is 2.86. The van der Waals surface area contributed by atoms with E-state index < -0.39 is 10.0 Å². The molecule has 0 radical (unpaired) electrons. The zero-order chi connectivity index (χ0) is 16.1. The summed E-state index contributed by atoms with van der Waals surface area (Å²) >= 11 is 0. The van der Waals surface area contributed by atoms with Gasteiger partial charge in [0.25, 0.3) is 0 Å². The topological polar surface area (TPSA) is 81.4 Å². The lowest BCUT2D eigenvalue weighted by Crippen LogP contribution is -2.71. The molecule has 1 saturated heterocycles. The SMILES string of the molecule is NS(=O)(=O)c1ccc(CCN[C@@H]2[C@@H]3CCO[C@H]3C23CCC3)cc1. The minimum Gasteiger partial charge on any atom is -0.377 e. The Hall–Kier alpha value is -0.950. The highest BCUT2D eigenvalue weighted by Crippen LogP contribution is 2.62. The molecular weight excluding hydrogens is 312 g/mol. The molecule has 126 valence electrons. The van der Waals surface area contributed by atoms with Crippen LogP contribution in [-0.2, 0) is 21.2 Å². The number of rotatable bonds is 5. The fourth-order valence-electron chi connectivity index (χ4n) is 4.78. The van der Waals surface area contributed by atoms with Gasteiger partial charge in [0, 0.05) is 24.0 Å². The van der Waals surface area contributed by atoms with E-state index in [1.165, 1.54) is 25.7 Å². The van der Waals surface area contributed by atoms with Gasteiger partial charge in [-0.3, -0.25) is 0 Å². The van der Waals surface area contributed by atoms with E-state index in [0.29, 0.717) is 23.5 Å². The Morgan fingerprint density at radius 2 is 2.00 bits per heavy atom. The van der Waals surface area contributed by atoms with Crippen molar-refractivity contribution in [3.8, 4) is 0 Å². The van der Waals surface area contributed by atoms with E-state index >= 15 is 0 Å². The molecule has 3 fully saturated rings. The zero-order valence-corrected chi connectivity index (χ0v) is 14.0. The molecule has 1 heterocycles. The van der Waals surface area contributed by atoms with Crippen LogP contribution in [0.15, 0.2) is 29.2 Å². The van der Waals surface area contributed by atoms with Gasteiger partial charge in [0.15, 0.2) is 0 Å². The van der Waals surface area contributed by atoms with E-state index in [4.69, 9.17) is 9.88 Å². The summed E-state index contributed by atoms with van der Waals surface area (Å²) < 4.78 is 28.5. The summed E-state index contributed by atoms with van der Waals surface area (Å²) in [5, 5.41) is 8.88. The van der Waals surface area contributed by atoms with Crippen molar-refractivity contribution in [3.05, 3.63) is 29.8 Å². The summed E-state index contributed by atoms with van der Waals surface area (Å²) in [6.07, 6.45) is 6.52. The summed E-state index contributed by atoms with van der Waals surface area (Å²) in [4.78, 5) is 0.174. The Morgan fingerprint density at radius 1 is 1.26 bits per heavy atom. The van der Waals surface area contributed by atoms with Crippen LogP contribution in [0.1, 0.15) is 31.2 Å². The van der Waals surface area contributed by atoms with Crippen LogP contribution in [0.25, 0.3) is 0 Å². The number of hydrogen-bond donors (Lipinski definition) is 2. The van der Waals surface area contributed by atoms with Crippen molar-refractivity contribution in [3.63, 3.8) is 0 Å². The lowest BCUT2D eigenvalue weighted by Gasteiger charge is -2.63. The number of nitrogens with one attached hydrogen (secondary N) is 1. The van der Waals surface area contributed by atoms with E-state index in [2.05, 4.69) is 5.32 Å². The molecule has 1 aliphatic heterocycles. The summed E-state index contributed by atoms with van der Waals surface area (Å²) in [5.74, 6) is 0.694. The highest BCUT2D eigenvalue weighted by atomic mass is 32.2. The molecule has 1 spiro atoms. The van der Waals surface area contributed by atoms with E-state index in [1.807, 2.05) is 12.1 Å². The molecule has 0 bridgehead atoms. The smallest absolute Gasteiger partial charge is 0.238 e. The number of ether oxygens (including phenoxy) is 1. The van der Waals surface area contributed by atoms with Crippen LogP contribution in [0.3, 0.4) is 0 Å². The summed E-state index contributed by atoms with van der Waals surface area (Å²) in [5.41, 5.74) is 1.55. The molecule has 4 rings (SSSR count). The third kappa shape index (κ3) is 2.52. The molecular formula is C17H24N2O3S. The molecule has 0 aromatic heterocycles. The number of fused-ring (bicyclic) bond motifs is 2. The molecule has 0 amide bonds. The van der Waals surface area contributed by atoms with Crippen molar-refractivity contribution in [2.75, 3.05) is 13.2 Å².